The average Bonchev–Trinajstić information content (AvgIpc) is 3.47. The van der Waals surface area contributed by atoms with Crippen molar-refractivity contribution in [1.82, 2.24) is 25.5 Å². The molecule has 0 aliphatic carbocycles. The summed E-state index contributed by atoms with van der Waals surface area (Å²) in [7, 11) is 0. The molecule has 0 spiro atoms. The Morgan fingerprint density at radius 1 is 0.820 bits per heavy atom. The van der Waals surface area contributed by atoms with Crippen molar-refractivity contribution >= 4 is 11.8 Å². The van der Waals surface area contributed by atoms with Crippen LogP contribution in [0.3, 0.4) is 0 Å². The maximum atomic E-state index is 12.7. The molecule has 0 radical (unpaired) electrons. The van der Waals surface area contributed by atoms with Crippen molar-refractivity contribution in [2.45, 2.75) is 65.8 Å². The lowest BCUT2D eigenvalue weighted by atomic mass is 10.0. The standard InChI is InChI=1S/C41H47N5O4/c1-5-50-38-9-7-6-8-36(38)26-45-41(49)34-18-16-33(17-19-34)24-44-40(48)23-32-14-12-31(13-15-32)22-28(2)42-27-37(47)35-20-21-39(43-25-35)46-29(3)10-11-30(46)4/h6-21,25,28,37,42,47H,5,22-24,26-27H2,1-4H3,(H,44,48)(H,45,49)/t28?,37-/m0/s1. The molecular formula is C41H47N5O4. The van der Waals surface area contributed by atoms with Gasteiger partial charge in [0.1, 0.15) is 11.6 Å². The molecule has 0 aliphatic rings. The van der Waals surface area contributed by atoms with Crippen LogP contribution in [-0.2, 0) is 30.7 Å². The number of carbonyl (C=O) groups excluding carboxylic acids is 2. The number of aromatic nitrogens is 2. The SMILES string of the molecule is CCOc1ccccc1CNC(=O)c1ccc(CNC(=O)Cc2ccc(CC(C)NC[C@H](O)c3ccc(-n4c(C)ccc4C)nc3)cc2)cc1. The van der Waals surface area contributed by atoms with Crippen LogP contribution in [0.5, 0.6) is 5.75 Å². The topological polar surface area (TPSA) is 118 Å². The zero-order valence-electron chi connectivity index (χ0n) is 29.3. The number of nitrogens with zero attached hydrogens (tertiary/aromatic N) is 2. The van der Waals surface area contributed by atoms with E-state index >= 15 is 0 Å². The molecule has 1 unspecified atom stereocenters. The van der Waals surface area contributed by atoms with Gasteiger partial charge in [-0.3, -0.25) is 9.59 Å². The number of amides is 2. The van der Waals surface area contributed by atoms with Gasteiger partial charge in [-0.15, -0.1) is 0 Å². The van der Waals surface area contributed by atoms with E-state index in [1.54, 1.807) is 18.3 Å². The van der Waals surface area contributed by atoms with Crippen LogP contribution >= 0.6 is 0 Å². The van der Waals surface area contributed by atoms with Gasteiger partial charge in [-0.2, -0.15) is 0 Å². The van der Waals surface area contributed by atoms with Crippen LogP contribution < -0.4 is 20.7 Å². The van der Waals surface area contributed by atoms with Gasteiger partial charge in [0.2, 0.25) is 5.91 Å². The Morgan fingerprint density at radius 2 is 1.50 bits per heavy atom. The maximum Gasteiger partial charge on any atom is 0.251 e. The first kappa shape index (κ1) is 36.0. The quantitative estimate of drug-likeness (QED) is 0.103. The zero-order valence-corrected chi connectivity index (χ0v) is 29.3. The van der Waals surface area contributed by atoms with E-state index in [4.69, 9.17) is 4.74 Å². The highest BCUT2D eigenvalue weighted by Gasteiger charge is 2.13. The Morgan fingerprint density at radius 3 is 2.18 bits per heavy atom. The lowest BCUT2D eigenvalue weighted by molar-refractivity contribution is -0.120. The normalized spacial score (nSPS) is 12.3. The van der Waals surface area contributed by atoms with E-state index in [1.807, 2.05) is 93.6 Å². The Hall–Kier alpha value is -5.25. The minimum atomic E-state index is -0.663. The highest BCUT2D eigenvalue weighted by Crippen LogP contribution is 2.19. The van der Waals surface area contributed by atoms with Gasteiger partial charge in [-0.1, -0.05) is 60.7 Å². The van der Waals surface area contributed by atoms with Crippen LogP contribution in [0.25, 0.3) is 5.82 Å². The van der Waals surface area contributed by atoms with Gasteiger partial charge in [-0.05, 0) is 87.2 Å². The smallest absolute Gasteiger partial charge is 0.251 e. The molecule has 0 bridgehead atoms. The van der Waals surface area contributed by atoms with Gasteiger partial charge in [0.15, 0.2) is 0 Å². The van der Waals surface area contributed by atoms with E-state index < -0.39 is 6.10 Å². The van der Waals surface area contributed by atoms with Crippen LogP contribution in [0.4, 0.5) is 0 Å². The number of aliphatic hydroxyl groups excluding tert-OH is 1. The number of carbonyl (C=O) groups is 2. The van der Waals surface area contributed by atoms with Crippen molar-refractivity contribution in [3.05, 3.63) is 148 Å². The number of aliphatic hydroxyl groups is 1. The number of ether oxygens (including phenoxy) is 1. The van der Waals surface area contributed by atoms with Gasteiger partial charge < -0.3 is 30.4 Å². The van der Waals surface area contributed by atoms with E-state index in [1.165, 1.54) is 0 Å². The third-order valence-corrected chi connectivity index (χ3v) is 8.66. The average molecular weight is 674 g/mol. The van der Waals surface area contributed by atoms with E-state index in [2.05, 4.69) is 44.6 Å². The van der Waals surface area contributed by atoms with E-state index in [0.717, 1.165) is 57.2 Å². The summed E-state index contributed by atoms with van der Waals surface area (Å²) in [4.78, 5) is 29.9. The van der Waals surface area contributed by atoms with Crippen molar-refractivity contribution in [2.75, 3.05) is 13.2 Å². The van der Waals surface area contributed by atoms with Gasteiger partial charge in [-0.25, -0.2) is 4.98 Å². The predicted molar refractivity (Wildman–Crippen MR) is 196 cm³/mol. The second-order valence-corrected chi connectivity index (χ2v) is 12.6. The summed E-state index contributed by atoms with van der Waals surface area (Å²) in [5.74, 6) is 1.36. The molecule has 2 aromatic heterocycles. The van der Waals surface area contributed by atoms with Crippen LogP contribution in [0.2, 0.25) is 0 Å². The summed E-state index contributed by atoms with van der Waals surface area (Å²) in [6.07, 6.45) is 2.14. The first-order valence-electron chi connectivity index (χ1n) is 17.1. The summed E-state index contributed by atoms with van der Waals surface area (Å²) >= 11 is 0. The van der Waals surface area contributed by atoms with E-state index in [-0.39, 0.29) is 24.3 Å². The van der Waals surface area contributed by atoms with Gasteiger partial charge in [0.25, 0.3) is 5.91 Å². The van der Waals surface area contributed by atoms with Gasteiger partial charge in [0, 0.05) is 60.0 Å². The van der Waals surface area contributed by atoms with Crippen molar-refractivity contribution in [3.8, 4) is 11.6 Å². The molecule has 0 saturated carbocycles. The lowest BCUT2D eigenvalue weighted by Gasteiger charge is -2.18. The number of nitrogens with one attached hydrogen (secondary N) is 3. The Balaban J connectivity index is 1.01. The van der Waals surface area contributed by atoms with Gasteiger partial charge in [0.05, 0.1) is 19.1 Å². The summed E-state index contributed by atoms with van der Waals surface area (Å²) < 4.78 is 7.72. The van der Waals surface area contributed by atoms with E-state index in [9.17, 15) is 14.7 Å². The minimum absolute atomic E-state index is 0.0716. The molecule has 9 heteroatoms. The number of pyridine rings is 1. The van der Waals surface area contributed by atoms with Crippen molar-refractivity contribution in [1.29, 1.82) is 0 Å². The van der Waals surface area contributed by atoms with Crippen LogP contribution in [0, 0.1) is 13.8 Å². The van der Waals surface area contributed by atoms with Crippen LogP contribution in [0.15, 0.2) is 103 Å². The van der Waals surface area contributed by atoms with Gasteiger partial charge >= 0.3 is 0 Å². The molecule has 4 N–H and O–H groups in total. The van der Waals surface area contributed by atoms with Crippen molar-refractivity contribution in [2.24, 2.45) is 0 Å². The molecule has 0 fully saturated rings. The van der Waals surface area contributed by atoms with Crippen LogP contribution in [0.1, 0.15) is 69.5 Å². The zero-order chi connectivity index (χ0) is 35.5. The van der Waals surface area contributed by atoms with E-state index in [0.29, 0.717) is 31.8 Å². The minimum Gasteiger partial charge on any atom is -0.494 e. The lowest BCUT2D eigenvalue weighted by Crippen LogP contribution is -2.32. The number of hydrogen-bond donors (Lipinski definition) is 4. The predicted octanol–water partition coefficient (Wildman–Crippen LogP) is 5.93. The summed E-state index contributed by atoms with van der Waals surface area (Å²) in [6.45, 7) is 9.85. The molecule has 0 saturated heterocycles. The Labute approximate surface area is 294 Å². The number of hydrogen-bond acceptors (Lipinski definition) is 6. The molecular weight excluding hydrogens is 626 g/mol. The second kappa shape index (κ2) is 17.4. The number of rotatable bonds is 16. The fraction of sp³-hybridized carbons (Fsp3) is 0.293. The summed E-state index contributed by atoms with van der Waals surface area (Å²) in [5, 5.41) is 20.1. The third kappa shape index (κ3) is 9.90. The molecule has 260 valence electrons. The first-order valence-corrected chi connectivity index (χ1v) is 17.1. The summed E-state index contributed by atoms with van der Waals surface area (Å²) in [5.41, 5.74) is 7.48. The third-order valence-electron chi connectivity index (χ3n) is 8.66. The Kier molecular flexibility index (Phi) is 12.6. The first-order chi connectivity index (χ1) is 24.2. The van der Waals surface area contributed by atoms with Crippen molar-refractivity contribution in [3.63, 3.8) is 0 Å². The number of aryl methyl sites for hydroxylation is 2. The van der Waals surface area contributed by atoms with Crippen LogP contribution in [-0.4, -0.2) is 45.7 Å². The number of para-hydroxylation sites is 1. The monoisotopic (exact) mass is 673 g/mol. The summed E-state index contributed by atoms with van der Waals surface area (Å²) in [6, 6.07) is 31.1. The maximum absolute atomic E-state index is 12.7. The molecule has 9 nitrogen and oxygen atoms in total. The molecule has 5 aromatic rings. The molecule has 2 amide bonds. The largest absolute Gasteiger partial charge is 0.494 e. The molecule has 3 aromatic carbocycles. The fourth-order valence-corrected chi connectivity index (χ4v) is 5.85. The highest BCUT2D eigenvalue weighted by atomic mass is 16.5. The second-order valence-electron chi connectivity index (χ2n) is 12.6. The molecule has 2 heterocycles. The molecule has 0 aliphatic heterocycles. The number of benzene rings is 3. The molecule has 50 heavy (non-hydrogen) atoms. The fourth-order valence-electron chi connectivity index (χ4n) is 5.85. The van der Waals surface area contributed by atoms with Crippen molar-refractivity contribution < 1.29 is 19.4 Å². The molecule has 2 atom stereocenters. The molecule has 5 rings (SSSR count). The Bertz CT molecular complexity index is 1830. The highest BCUT2D eigenvalue weighted by molar-refractivity contribution is 5.94.